The Bertz CT molecular complexity index is 482. The Kier molecular flexibility index (Phi) is 8.73. The second-order valence-electron chi connectivity index (χ2n) is 6.29. The fraction of sp³-hybridized carbons (Fsp3) is 0.611. The molecule has 3 N–H and O–H groups in total. The highest BCUT2D eigenvalue weighted by Crippen LogP contribution is 2.41. The molecule has 0 atom stereocenters. The molecule has 1 fully saturated rings. The number of nitrogens with zero attached hydrogens (tertiary/aromatic N) is 1. The summed E-state index contributed by atoms with van der Waals surface area (Å²) in [5, 5.41) is 3.22. The number of guanidine groups is 1. The lowest BCUT2D eigenvalue weighted by Gasteiger charge is -2.25. The van der Waals surface area contributed by atoms with Crippen molar-refractivity contribution in [3.63, 3.8) is 0 Å². The molecule has 4 nitrogen and oxygen atoms in total. The average Bonchev–Trinajstić information content (AvgIpc) is 3.03. The lowest BCUT2D eigenvalue weighted by molar-refractivity contribution is 0.297. The summed E-state index contributed by atoms with van der Waals surface area (Å²) < 4.78 is 5.16. The first-order valence-electron chi connectivity index (χ1n) is 8.34. The van der Waals surface area contributed by atoms with Gasteiger partial charge in [0.1, 0.15) is 5.75 Å². The standard InChI is InChI=1S/C18H29N3O.HI/c1-3-18(11-4-5-12-18)14-21-17(19)20-13-10-15-6-8-16(22-2)9-7-15;/h6-9H,3-5,10-14H2,1-2H3,(H3,19,20,21);1H. The van der Waals surface area contributed by atoms with E-state index in [2.05, 4.69) is 29.4 Å². The SMILES string of the molecule is CCC1(CN=C(N)NCCc2ccc(OC)cc2)CCCC1.I. The molecule has 0 aromatic heterocycles. The first-order valence-corrected chi connectivity index (χ1v) is 8.34. The maximum atomic E-state index is 5.99. The molecular weight excluding hydrogens is 401 g/mol. The third kappa shape index (κ3) is 6.20. The number of nitrogens with one attached hydrogen (secondary N) is 1. The molecule has 0 heterocycles. The number of halogens is 1. The molecule has 2 rings (SSSR count). The maximum absolute atomic E-state index is 5.99. The van der Waals surface area contributed by atoms with Gasteiger partial charge < -0.3 is 15.8 Å². The third-order valence-corrected chi connectivity index (χ3v) is 4.88. The van der Waals surface area contributed by atoms with Gasteiger partial charge in [-0.25, -0.2) is 0 Å². The Morgan fingerprint density at radius 3 is 2.48 bits per heavy atom. The van der Waals surface area contributed by atoms with E-state index in [0.717, 1.165) is 25.3 Å². The first kappa shape index (κ1) is 20.1. The summed E-state index contributed by atoms with van der Waals surface area (Å²) in [5.41, 5.74) is 7.66. The smallest absolute Gasteiger partial charge is 0.188 e. The fourth-order valence-corrected chi connectivity index (χ4v) is 3.18. The quantitative estimate of drug-likeness (QED) is 0.393. The number of aliphatic imine (C=N–C) groups is 1. The van der Waals surface area contributed by atoms with Gasteiger partial charge in [0, 0.05) is 13.1 Å². The zero-order chi connectivity index (χ0) is 15.8. The van der Waals surface area contributed by atoms with Crippen LogP contribution < -0.4 is 15.8 Å². The van der Waals surface area contributed by atoms with E-state index in [1.165, 1.54) is 37.7 Å². The summed E-state index contributed by atoms with van der Waals surface area (Å²) >= 11 is 0. The number of rotatable bonds is 7. The summed E-state index contributed by atoms with van der Waals surface area (Å²) in [6.45, 7) is 3.94. The van der Waals surface area contributed by atoms with E-state index in [0.29, 0.717) is 11.4 Å². The van der Waals surface area contributed by atoms with E-state index in [4.69, 9.17) is 10.5 Å². The molecule has 0 bridgehead atoms. The van der Waals surface area contributed by atoms with Crippen molar-refractivity contribution in [2.45, 2.75) is 45.4 Å². The van der Waals surface area contributed by atoms with E-state index in [1.54, 1.807) is 7.11 Å². The van der Waals surface area contributed by atoms with Crippen LogP contribution in [0.2, 0.25) is 0 Å². The molecule has 0 radical (unpaired) electrons. The van der Waals surface area contributed by atoms with Crippen molar-refractivity contribution in [1.82, 2.24) is 5.32 Å². The zero-order valence-corrected chi connectivity index (χ0v) is 16.6. The largest absolute Gasteiger partial charge is 0.497 e. The van der Waals surface area contributed by atoms with E-state index in [1.807, 2.05) is 12.1 Å². The topological polar surface area (TPSA) is 59.6 Å². The highest BCUT2D eigenvalue weighted by Gasteiger charge is 2.31. The summed E-state index contributed by atoms with van der Waals surface area (Å²) in [6.07, 6.45) is 7.41. The molecule has 0 spiro atoms. The molecule has 1 aliphatic rings. The highest BCUT2D eigenvalue weighted by molar-refractivity contribution is 14.0. The Morgan fingerprint density at radius 1 is 1.26 bits per heavy atom. The van der Waals surface area contributed by atoms with Gasteiger partial charge in [0.2, 0.25) is 0 Å². The van der Waals surface area contributed by atoms with Crippen molar-refractivity contribution in [2.24, 2.45) is 16.1 Å². The second kappa shape index (κ2) is 10.0. The van der Waals surface area contributed by atoms with E-state index in [9.17, 15) is 0 Å². The molecule has 130 valence electrons. The van der Waals surface area contributed by atoms with Crippen LogP contribution in [-0.4, -0.2) is 26.2 Å². The van der Waals surface area contributed by atoms with Gasteiger partial charge in [0.05, 0.1) is 7.11 Å². The van der Waals surface area contributed by atoms with Gasteiger partial charge in [-0.15, -0.1) is 24.0 Å². The van der Waals surface area contributed by atoms with Gasteiger partial charge in [0.15, 0.2) is 5.96 Å². The van der Waals surface area contributed by atoms with Crippen molar-refractivity contribution in [3.8, 4) is 5.75 Å². The Hall–Kier alpha value is -0.980. The fourth-order valence-electron chi connectivity index (χ4n) is 3.18. The lowest BCUT2D eigenvalue weighted by Crippen LogP contribution is -2.34. The molecular formula is C18H30IN3O. The number of hydrogen-bond donors (Lipinski definition) is 2. The normalized spacial score (nSPS) is 16.7. The molecule has 1 aromatic rings. The summed E-state index contributed by atoms with van der Waals surface area (Å²) in [7, 11) is 1.68. The number of hydrogen-bond acceptors (Lipinski definition) is 2. The molecule has 23 heavy (non-hydrogen) atoms. The van der Waals surface area contributed by atoms with Gasteiger partial charge in [-0.3, -0.25) is 4.99 Å². The van der Waals surface area contributed by atoms with Crippen molar-refractivity contribution in [2.75, 3.05) is 20.2 Å². The van der Waals surface area contributed by atoms with Crippen molar-refractivity contribution < 1.29 is 4.74 Å². The molecule has 1 aromatic carbocycles. The average molecular weight is 431 g/mol. The monoisotopic (exact) mass is 431 g/mol. The van der Waals surface area contributed by atoms with Crippen LogP contribution in [0.25, 0.3) is 0 Å². The Morgan fingerprint density at radius 2 is 1.91 bits per heavy atom. The number of ether oxygens (including phenoxy) is 1. The Balaban J connectivity index is 0.00000264. The lowest BCUT2D eigenvalue weighted by atomic mass is 9.84. The van der Waals surface area contributed by atoms with Gasteiger partial charge in [-0.1, -0.05) is 31.9 Å². The predicted molar refractivity (Wildman–Crippen MR) is 108 cm³/mol. The Labute approximate surface area is 157 Å². The van der Waals surface area contributed by atoms with Crippen LogP contribution in [0.1, 0.15) is 44.6 Å². The van der Waals surface area contributed by atoms with Crippen LogP contribution in [0.15, 0.2) is 29.3 Å². The van der Waals surface area contributed by atoms with Crippen molar-refractivity contribution >= 4 is 29.9 Å². The van der Waals surface area contributed by atoms with Gasteiger partial charge in [-0.2, -0.15) is 0 Å². The minimum Gasteiger partial charge on any atom is -0.497 e. The molecule has 5 heteroatoms. The van der Waals surface area contributed by atoms with Crippen LogP contribution in [0, 0.1) is 5.41 Å². The third-order valence-electron chi connectivity index (χ3n) is 4.88. The zero-order valence-electron chi connectivity index (χ0n) is 14.3. The summed E-state index contributed by atoms with van der Waals surface area (Å²) in [6, 6.07) is 8.13. The van der Waals surface area contributed by atoms with Crippen LogP contribution in [-0.2, 0) is 6.42 Å². The molecule has 0 unspecified atom stereocenters. The van der Waals surface area contributed by atoms with Gasteiger partial charge >= 0.3 is 0 Å². The van der Waals surface area contributed by atoms with Crippen molar-refractivity contribution in [1.29, 1.82) is 0 Å². The minimum absolute atomic E-state index is 0. The first-order chi connectivity index (χ1) is 10.7. The minimum atomic E-state index is 0. The van der Waals surface area contributed by atoms with Crippen molar-refractivity contribution in [3.05, 3.63) is 29.8 Å². The molecule has 0 aliphatic heterocycles. The number of benzene rings is 1. The molecule has 1 aliphatic carbocycles. The second-order valence-corrected chi connectivity index (χ2v) is 6.29. The number of methoxy groups -OCH3 is 1. The number of nitrogens with two attached hydrogens (primary N) is 1. The molecule has 0 amide bonds. The molecule has 0 saturated heterocycles. The van der Waals surface area contributed by atoms with E-state index in [-0.39, 0.29) is 24.0 Å². The highest BCUT2D eigenvalue weighted by atomic mass is 127. The maximum Gasteiger partial charge on any atom is 0.188 e. The van der Waals surface area contributed by atoms with Crippen LogP contribution in [0.3, 0.4) is 0 Å². The van der Waals surface area contributed by atoms with Crippen LogP contribution in [0.4, 0.5) is 0 Å². The molecule has 1 saturated carbocycles. The van der Waals surface area contributed by atoms with Crippen LogP contribution >= 0.6 is 24.0 Å². The van der Waals surface area contributed by atoms with Gasteiger partial charge in [0.25, 0.3) is 0 Å². The summed E-state index contributed by atoms with van der Waals surface area (Å²) in [4.78, 5) is 4.57. The van der Waals surface area contributed by atoms with E-state index < -0.39 is 0 Å². The van der Waals surface area contributed by atoms with E-state index >= 15 is 0 Å². The summed E-state index contributed by atoms with van der Waals surface area (Å²) in [5.74, 6) is 1.47. The van der Waals surface area contributed by atoms with Gasteiger partial charge in [-0.05, 0) is 48.8 Å². The van der Waals surface area contributed by atoms with Crippen LogP contribution in [0.5, 0.6) is 5.75 Å². The predicted octanol–water partition coefficient (Wildman–Crippen LogP) is 3.73.